The van der Waals surface area contributed by atoms with Gasteiger partial charge < -0.3 is 4.74 Å². The van der Waals surface area contributed by atoms with Crippen molar-refractivity contribution < 1.29 is 17.9 Å². The van der Waals surface area contributed by atoms with E-state index in [2.05, 4.69) is 26.6 Å². The first-order valence-corrected chi connectivity index (χ1v) is 5.30. The molecule has 0 unspecified atom stereocenters. The molecule has 1 rings (SSSR count). The Morgan fingerprint density at radius 2 is 1.95 bits per heavy atom. The largest absolute Gasteiger partial charge is 0.484 e. The molecular weight excluding hydrogens is 259 g/mol. The molecule has 100 valence electrons. The lowest BCUT2D eigenvalue weighted by Crippen LogP contribution is -2.19. The minimum absolute atomic E-state index is 0.136. The van der Waals surface area contributed by atoms with E-state index in [0.29, 0.717) is 12.0 Å². The average molecular weight is 269 g/mol. The highest BCUT2D eigenvalue weighted by atomic mass is 19.4. The number of ether oxygens (including phenoxy) is 1. The SMILES string of the molecule is [N-]=[N+]=NCCC#Cc1ccc(OCC(F)(F)F)cc1. The first kappa shape index (κ1) is 14.7. The summed E-state index contributed by atoms with van der Waals surface area (Å²) in [6.45, 7) is -1.03. The molecule has 1 aromatic rings. The molecule has 0 heterocycles. The maximum atomic E-state index is 11.9. The summed E-state index contributed by atoms with van der Waals surface area (Å²) in [5.74, 6) is 5.70. The Bertz CT molecular complexity index is 508. The average Bonchev–Trinajstić information content (AvgIpc) is 2.37. The highest BCUT2D eigenvalue weighted by molar-refractivity contribution is 5.38. The molecule has 0 spiro atoms. The number of rotatable bonds is 4. The first-order valence-electron chi connectivity index (χ1n) is 5.30. The fraction of sp³-hybridized carbons (Fsp3) is 0.333. The zero-order chi connectivity index (χ0) is 14.1. The van der Waals surface area contributed by atoms with E-state index in [-0.39, 0.29) is 12.3 Å². The molecule has 1 aromatic carbocycles. The molecule has 0 bridgehead atoms. The maximum Gasteiger partial charge on any atom is 0.422 e. The van der Waals surface area contributed by atoms with E-state index >= 15 is 0 Å². The first-order chi connectivity index (χ1) is 9.01. The Kier molecular flexibility index (Phi) is 5.58. The van der Waals surface area contributed by atoms with Crippen LogP contribution in [0.25, 0.3) is 10.4 Å². The monoisotopic (exact) mass is 269 g/mol. The molecule has 0 aliphatic carbocycles. The number of benzene rings is 1. The fourth-order valence-corrected chi connectivity index (χ4v) is 1.11. The highest BCUT2D eigenvalue weighted by Gasteiger charge is 2.28. The van der Waals surface area contributed by atoms with Crippen molar-refractivity contribution in [1.82, 2.24) is 0 Å². The van der Waals surface area contributed by atoms with E-state index < -0.39 is 12.8 Å². The molecule has 0 aromatic heterocycles. The van der Waals surface area contributed by atoms with E-state index in [1.807, 2.05) is 0 Å². The molecule has 0 aliphatic heterocycles. The summed E-state index contributed by atoms with van der Waals surface area (Å²) in [6, 6.07) is 5.96. The smallest absolute Gasteiger partial charge is 0.422 e. The van der Waals surface area contributed by atoms with Crippen LogP contribution < -0.4 is 4.74 Å². The van der Waals surface area contributed by atoms with Crippen molar-refractivity contribution in [2.45, 2.75) is 12.6 Å². The van der Waals surface area contributed by atoms with E-state index in [4.69, 9.17) is 5.53 Å². The van der Waals surface area contributed by atoms with Gasteiger partial charge in [-0.05, 0) is 29.8 Å². The molecule has 0 atom stereocenters. The molecule has 0 amide bonds. The molecule has 0 N–H and O–H groups in total. The van der Waals surface area contributed by atoms with Gasteiger partial charge in [0.25, 0.3) is 0 Å². The number of alkyl halides is 3. The third-order valence-corrected chi connectivity index (χ3v) is 1.89. The number of hydrogen-bond donors (Lipinski definition) is 0. The van der Waals surface area contributed by atoms with Crippen LogP contribution in [0.2, 0.25) is 0 Å². The third kappa shape index (κ3) is 6.86. The Hall–Kier alpha value is -2.32. The molecular formula is C12H10F3N3O. The van der Waals surface area contributed by atoms with Gasteiger partial charge in [-0.3, -0.25) is 0 Å². The standard InChI is InChI=1S/C12H10F3N3O/c13-12(14,15)9-19-11-6-4-10(5-7-11)3-1-2-8-17-18-16/h4-7H,2,8-9H2. The molecule has 4 nitrogen and oxygen atoms in total. The number of halogens is 3. The van der Waals surface area contributed by atoms with Crippen LogP contribution in [0, 0.1) is 11.8 Å². The van der Waals surface area contributed by atoms with Crippen LogP contribution in [0.1, 0.15) is 12.0 Å². The maximum absolute atomic E-state index is 11.9. The Balaban J connectivity index is 2.49. The molecule has 0 fully saturated rings. The van der Waals surface area contributed by atoms with Crippen LogP contribution in [-0.4, -0.2) is 19.3 Å². The van der Waals surface area contributed by atoms with Crippen molar-refractivity contribution in [3.63, 3.8) is 0 Å². The quantitative estimate of drug-likeness (QED) is 0.270. The summed E-state index contributed by atoms with van der Waals surface area (Å²) >= 11 is 0. The van der Waals surface area contributed by atoms with Crippen LogP contribution in [-0.2, 0) is 0 Å². The van der Waals surface area contributed by atoms with Crippen LogP contribution in [0.3, 0.4) is 0 Å². The number of nitrogens with zero attached hydrogens (tertiary/aromatic N) is 3. The molecule has 0 saturated carbocycles. The fourth-order valence-electron chi connectivity index (χ4n) is 1.11. The lowest BCUT2D eigenvalue weighted by atomic mass is 10.2. The van der Waals surface area contributed by atoms with Crippen LogP contribution >= 0.6 is 0 Å². The van der Waals surface area contributed by atoms with Gasteiger partial charge in [-0.15, -0.1) is 0 Å². The predicted molar refractivity (Wildman–Crippen MR) is 63.5 cm³/mol. The van der Waals surface area contributed by atoms with Gasteiger partial charge >= 0.3 is 6.18 Å². The second kappa shape index (κ2) is 7.19. The van der Waals surface area contributed by atoms with Crippen molar-refractivity contribution in [2.75, 3.05) is 13.2 Å². The summed E-state index contributed by atoms with van der Waals surface area (Å²) in [5, 5.41) is 3.32. The van der Waals surface area contributed by atoms with E-state index in [1.165, 1.54) is 12.1 Å². The lowest BCUT2D eigenvalue weighted by molar-refractivity contribution is -0.153. The van der Waals surface area contributed by atoms with Gasteiger partial charge in [0.05, 0.1) is 0 Å². The van der Waals surface area contributed by atoms with Crippen molar-refractivity contribution in [3.05, 3.63) is 40.3 Å². The van der Waals surface area contributed by atoms with E-state index in [1.54, 1.807) is 12.1 Å². The van der Waals surface area contributed by atoms with E-state index in [0.717, 1.165) is 0 Å². The molecule has 19 heavy (non-hydrogen) atoms. The Morgan fingerprint density at radius 3 is 2.53 bits per heavy atom. The topological polar surface area (TPSA) is 58.0 Å². The second-order valence-electron chi connectivity index (χ2n) is 3.43. The van der Waals surface area contributed by atoms with Gasteiger partial charge in [0.1, 0.15) is 5.75 Å². The Morgan fingerprint density at radius 1 is 1.26 bits per heavy atom. The molecule has 7 heteroatoms. The summed E-state index contributed by atoms with van der Waals surface area (Å²) in [5.41, 5.74) is 8.69. The predicted octanol–water partition coefficient (Wildman–Crippen LogP) is 3.68. The normalized spacial score (nSPS) is 10.1. The van der Waals surface area contributed by atoms with Crippen LogP contribution in [0.4, 0.5) is 13.2 Å². The minimum Gasteiger partial charge on any atom is -0.484 e. The highest BCUT2D eigenvalue weighted by Crippen LogP contribution is 2.18. The van der Waals surface area contributed by atoms with Gasteiger partial charge in [0.2, 0.25) is 0 Å². The summed E-state index contributed by atoms with van der Waals surface area (Å²) in [7, 11) is 0. The number of hydrogen-bond acceptors (Lipinski definition) is 2. The Labute approximate surface area is 107 Å². The molecule has 0 radical (unpaired) electrons. The van der Waals surface area contributed by atoms with Gasteiger partial charge in [-0.25, -0.2) is 0 Å². The summed E-state index contributed by atoms with van der Waals surface area (Å²) in [6.07, 6.45) is -3.92. The lowest BCUT2D eigenvalue weighted by Gasteiger charge is -2.08. The van der Waals surface area contributed by atoms with Crippen molar-refractivity contribution in [1.29, 1.82) is 0 Å². The van der Waals surface area contributed by atoms with Gasteiger partial charge in [-0.2, -0.15) is 13.2 Å². The molecule has 0 saturated heterocycles. The second-order valence-corrected chi connectivity index (χ2v) is 3.43. The van der Waals surface area contributed by atoms with Crippen molar-refractivity contribution in [2.24, 2.45) is 5.11 Å². The van der Waals surface area contributed by atoms with Gasteiger partial charge in [-0.1, -0.05) is 17.0 Å². The molecule has 0 aliphatic rings. The zero-order valence-electron chi connectivity index (χ0n) is 9.81. The summed E-state index contributed by atoms with van der Waals surface area (Å²) in [4.78, 5) is 2.58. The zero-order valence-corrected chi connectivity index (χ0v) is 9.81. The van der Waals surface area contributed by atoms with Crippen LogP contribution in [0.5, 0.6) is 5.75 Å². The van der Waals surface area contributed by atoms with E-state index in [9.17, 15) is 13.2 Å². The van der Waals surface area contributed by atoms with Crippen molar-refractivity contribution in [3.8, 4) is 17.6 Å². The number of azide groups is 1. The third-order valence-electron chi connectivity index (χ3n) is 1.89. The minimum atomic E-state index is -4.35. The van der Waals surface area contributed by atoms with Gasteiger partial charge in [0, 0.05) is 23.4 Å². The van der Waals surface area contributed by atoms with Crippen molar-refractivity contribution >= 4 is 0 Å². The van der Waals surface area contributed by atoms with Crippen LogP contribution in [0.15, 0.2) is 29.4 Å². The van der Waals surface area contributed by atoms with Gasteiger partial charge in [0.15, 0.2) is 6.61 Å². The summed E-state index contributed by atoms with van der Waals surface area (Å²) < 4.78 is 40.3.